The Bertz CT molecular complexity index is 912. The molecular weight excluding hydrogens is 362 g/mol. The van der Waals surface area contributed by atoms with E-state index >= 15 is 0 Å². The molecule has 2 aromatic carbocycles. The Balaban J connectivity index is 1.63. The maximum Gasteiger partial charge on any atom is 0.341 e. The van der Waals surface area contributed by atoms with E-state index in [2.05, 4.69) is 16.7 Å². The number of amides is 1. The van der Waals surface area contributed by atoms with Gasteiger partial charge in [-0.3, -0.25) is 14.9 Å². The Labute approximate surface area is 162 Å². The Morgan fingerprint density at radius 2 is 2.04 bits per heavy atom. The van der Waals surface area contributed by atoms with Gasteiger partial charge in [0.25, 0.3) is 11.6 Å². The van der Waals surface area contributed by atoms with Gasteiger partial charge in [0.1, 0.15) is 0 Å². The fourth-order valence-corrected chi connectivity index (χ4v) is 3.38. The van der Waals surface area contributed by atoms with Crippen LogP contribution in [0.5, 0.6) is 0 Å². The lowest BCUT2D eigenvalue weighted by molar-refractivity contribution is -0.384. The van der Waals surface area contributed by atoms with E-state index in [1.807, 2.05) is 18.2 Å². The molecule has 8 nitrogen and oxygen atoms in total. The second-order valence-corrected chi connectivity index (χ2v) is 6.52. The zero-order valence-electron chi connectivity index (χ0n) is 15.4. The zero-order valence-corrected chi connectivity index (χ0v) is 15.4. The summed E-state index contributed by atoms with van der Waals surface area (Å²) in [6, 6.07) is 11.7. The fourth-order valence-electron chi connectivity index (χ4n) is 3.38. The minimum atomic E-state index is -0.799. The van der Waals surface area contributed by atoms with Crippen molar-refractivity contribution in [2.24, 2.45) is 0 Å². The van der Waals surface area contributed by atoms with E-state index in [0.29, 0.717) is 5.69 Å². The minimum Gasteiger partial charge on any atom is -0.452 e. The summed E-state index contributed by atoms with van der Waals surface area (Å²) in [4.78, 5) is 34.9. The molecule has 1 amide bonds. The Morgan fingerprint density at radius 1 is 1.25 bits per heavy atom. The van der Waals surface area contributed by atoms with Crippen LogP contribution in [0.25, 0.3) is 0 Å². The van der Waals surface area contributed by atoms with Gasteiger partial charge in [-0.2, -0.15) is 0 Å². The summed E-state index contributed by atoms with van der Waals surface area (Å²) >= 11 is 0. The molecule has 0 saturated heterocycles. The van der Waals surface area contributed by atoms with E-state index in [1.165, 1.54) is 17.7 Å². The predicted molar refractivity (Wildman–Crippen MR) is 103 cm³/mol. The molecule has 2 N–H and O–H groups in total. The SMILES string of the molecule is CNc1ccc([N+](=O)[O-])cc1C(=O)OCC(=O)N[C@@H]1CCCc2ccccc21. The van der Waals surface area contributed by atoms with Gasteiger partial charge in [-0.1, -0.05) is 24.3 Å². The number of nitro groups is 1. The molecule has 0 aromatic heterocycles. The van der Waals surface area contributed by atoms with Crippen molar-refractivity contribution in [3.8, 4) is 0 Å². The number of non-ortho nitro benzene ring substituents is 1. The number of benzene rings is 2. The summed E-state index contributed by atoms with van der Waals surface area (Å²) in [5.74, 6) is -1.21. The quantitative estimate of drug-likeness (QED) is 0.451. The third-order valence-corrected chi connectivity index (χ3v) is 4.74. The van der Waals surface area contributed by atoms with E-state index in [0.717, 1.165) is 30.9 Å². The monoisotopic (exact) mass is 383 g/mol. The van der Waals surface area contributed by atoms with Gasteiger partial charge >= 0.3 is 5.97 Å². The highest BCUT2D eigenvalue weighted by atomic mass is 16.6. The van der Waals surface area contributed by atoms with Crippen molar-refractivity contribution in [2.45, 2.75) is 25.3 Å². The van der Waals surface area contributed by atoms with E-state index < -0.39 is 23.4 Å². The second-order valence-electron chi connectivity index (χ2n) is 6.52. The first-order chi connectivity index (χ1) is 13.5. The van der Waals surface area contributed by atoms with Crippen LogP contribution in [0, 0.1) is 10.1 Å². The molecule has 0 aliphatic heterocycles. The van der Waals surface area contributed by atoms with Gasteiger partial charge in [-0.05, 0) is 36.5 Å². The van der Waals surface area contributed by atoms with Crippen LogP contribution in [-0.2, 0) is 16.0 Å². The molecule has 1 aliphatic rings. The fraction of sp³-hybridized carbons (Fsp3) is 0.300. The standard InChI is InChI=1S/C20H21N3O5/c1-21-17-10-9-14(23(26)27)11-16(17)20(25)28-12-19(24)22-18-8-4-6-13-5-2-3-7-15(13)18/h2-3,5,7,9-11,18,21H,4,6,8,12H2,1H3,(H,22,24)/t18-/m1/s1. The molecular formula is C20H21N3O5. The first-order valence-corrected chi connectivity index (χ1v) is 9.00. The highest BCUT2D eigenvalue weighted by Gasteiger charge is 2.23. The lowest BCUT2D eigenvalue weighted by Crippen LogP contribution is -2.34. The topological polar surface area (TPSA) is 111 Å². The summed E-state index contributed by atoms with van der Waals surface area (Å²) in [5.41, 5.74) is 2.47. The van der Waals surface area contributed by atoms with Crippen molar-refractivity contribution in [1.29, 1.82) is 0 Å². The average Bonchev–Trinajstić information content (AvgIpc) is 2.71. The third-order valence-electron chi connectivity index (χ3n) is 4.74. The molecule has 0 radical (unpaired) electrons. The van der Waals surface area contributed by atoms with Crippen LogP contribution in [0.1, 0.15) is 40.4 Å². The number of aryl methyl sites for hydroxylation is 1. The number of nitro benzene ring substituents is 1. The number of nitrogens with zero attached hydrogens (tertiary/aromatic N) is 1. The number of anilines is 1. The molecule has 8 heteroatoms. The molecule has 0 spiro atoms. The van der Waals surface area contributed by atoms with Crippen molar-refractivity contribution in [3.05, 3.63) is 69.3 Å². The minimum absolute atomic E-state index is 0.00696. The molecule has 1 atom stereocenters. The normalized spacial score (nSPS) is 15.2. The largest absolute Gasteiger partial charge is 0.452 e. The highest BCUT2D eigenvalue weighted by Crippen LogP contribution is 2.29. The van der Waals surface area contributed by atoms with Gasteiger partial charge in [0.15, 0.2) is 6.61 Å². The van der Waals surface area contributed by atoms with Crippen molar-refractivity contribution in [3.63, 3.8) is 0 Å². The van der Waals surface area contributed by atoms with Crippen LogP contribution in [0.15, 0.2) is 42.5 Å². The summed E-state index contributed by atoms with van der Waals surface area (Å²) in [5, 5.41) is 16.6. The van der Waals surface area contributed by atoms with E-state index in [-0.39, 0.29) is 17.3 Å². The number of rotatable bonds is 6. The molecule has 3 rings (SSSR count). The molecule has 146 valence electrons. The molecule has 0 saturated carbocycles. The van der Waals surface area contributed by atoms with Gasteiger partial charge in [0.05, 0.1) is 16.5 Å². The molecule has 28 heavy (non-hydrogen) atoms. The number of esters is 1. The number of ether oxygens (including phenoxy) is 1. The van der Waals surface area contributed by atoms with Gasteiger partial charge in [0, 0.05) is 24.9 Å². The van der Waals surface area contributed by atoms with Gasteiger partial charge < -0.3 is 15.4 Å². The molecule has 0 fully saturated rings. The number of hydrogen-bond donors (Lipinski definition) is 2. The van der Waals surface area contributed by atoms with E-state index in [4.69, 9.17) is 4.74 Å². The zero-order chi connectivity index (χ0) is 20.1. The van der Waals surface area contributed by atoms with Crippen LogP contribution in [-0.4, -0.2) is 30.5 Å². The lowest BCUT2D eigenvalue weighted by Gasteiger charge is -2.26. The maximum absolute atomic E-state index is 12.3. The Morgan fingerprint density at radius 3 is 2.79 bits per heavy atom. The Kier molecular flexibility index (Phi) is 5.88. The average molecular weight is 383 g/mol. The maximum atomic E-state index is 12.3. The van der Waals surface area contributed by atoms with Gasteiger partial charge in [-0.15, -0.1) is 0 Å². The predicted octanol–water partition coefficient (Wildman–Crippen LogP) is 2.99. The van der Waals surface area contributed by atoms with Crippen molar-refractivity contribution in [1.82, 2.24) is 5.32 Å². The van der Waals surface area contributed by atoms with Gasteiger partial charge in [-0.25, -0.2) is 4.79 Å². The number of carbonyl (C=O) groups excluding carboxylic acids is 2. The van der Waals surface area contributed by atoms with Crippen molar-refractivity contribution in [2.75, 3.05) is 19.0 Å². The van der Waals surface area contributed by atoms with Crippen molar-refractivity contribution >= 4 is 23.3 Å². The molecule has 1 aliphatic carbocycles. The number of carbonyl (C=O) groups is 2. The molecule has 0 heterocycles. The first-order valence-electron chi connectivity index (χ1n) is 9.00. The van der Waals surface area contributed by atoms with E-state index in [9.17, 15) is 19.7 Å². The number of hydrogen-bond acceptors (Lipinski definition) is 6. The van der Waals surface area contributed by atoms with Crippen LogP contribution >= 0.6 is 0 Å². The second kappa shape index (κ2) is 8.51. The molecule has 2 aromatic rings. The summed E-state index contributed by atoms with van der Waals surface area (Å²) in [6.45, 7) is -0.455. The van der Waals surface area contributed by atoms with Crippen LogP contribution in [0.4, 0.5) is 11.4 Å². The first kappa shape index (κ1) is 19.3. The highest BCUT2D eigenvalue weighted by molar-refractivity contribution is 5.97. The van der Waals surface area contributed by atoms with Crippen LogP contribution in [0.2, 0.25) is 0 Å². The Hall–Kier alpha value is -3.42. The lowest BCUT2D eigenvalue weighted by atomic mass is 9.88. The molecule has 0 bridgehead atoms. The third kappa shape index (κ3) is 4.28. The number of nitrogens with one attached hydrogen (secondary N) is 2. The summed E-state index contributed by atoms with van der Waals surface area (Å²) in [7, 11) is 1.59. The number of fused-ring (bicyclic) bond motifs is 1. The van der Waals surface area contributed by atoms with Gasteiger partial charge in [0.2, 0.25) is 0 Å². The molecule has 0 unspecified atom stereocenters. The van der Waals surface area contributed by atoms with Crippen molar-refractivity contribution < 1.29 is 19.2 Å². The van der Waals surface area contributed by atoms with Crippen LogP contribution < -0.4 is 10.6 Å². The summed E-state index contributed by atoms with van der Waals surface area (Å²) in [6.07, 6.45) is 2.78. The van der Waals surface area contributed by atoms with E-state index in [1.54, 1.807) is 7.05 Å². The summed E-state index contributed by atoms with van der Waals surface area (Å²) < 4.78 is 5.08. The van der Waals surface area contributed by atoms with Crippen LogP contribution in [0.3, 0.4) is 0 Å². The smallest absolute Gasteiger partial charge is 0.341 e.